The van der Waals surface area contributed by atoms with Gasteiger partial charge in [0.15, 0.2) is 0 Å². The molecule has 4 rings (SSSR count). The summed E-state index contributed by atoms with van der Waals surface area (Å²) in [5, 5.41) is 0. The lowest BCUT2D eigenvalue weighted by atomic mass is 9.85. The van der Waals surface area contributed by atoms with Crippen LogP contribution >= 0.6 is 0 Å². The van der Waals surface area contributed by atoms with Crippen LogP contribution in [0, 0.1) is 11.3 Å². The highest BCUT2D eigenvalue weighted by atomic mass is 16.6. The summed E-state index contributed by atoms with van der Waals surface area (Å²) in [6.45, 7) is 4.12. The summed E-state index contributed by atoms with van der Waals surface area (Å²) in [6, 6.07) is 9.10. The summed E-state index contributed by atoms with van der Waals surface area (Å²) in [7, 11) is 0. The van der Waals surface area contributed by atoms with Crippen LogP contribution in [-0.2, 0) is 25.7 Å². The van der Waals surface area contributed by atoms with Crippen molar-refractivity contribution >= 4 is 18.0 Å². The van der Waals surface area contributed by atoms with Crippen molar-refractivity contribution in [2.24, 2.45) is 11.3 Å². The van der Waals surface area contributed by atoms with Crippen molar-refractivity contribution in [1.82, 2.24) is 9.80 Å². The van der Waals surface area contributed by atoms with E-state index < -0.39 is 11.5 Å². The highest BCUT2D eigenvalue weighted by Crippen LogP contribution is 2.44. The number of rotatable bonds is 8. The molecule has 7 nitrogen and oxygen atoms in total. The van der Waals surface area contributed by atoms with E-state index in [1.807, 2.05) is 30.3 Å². The van der Waals surface area contributed by atoms with Gasteiger partial charge in [0.05, 0.1) is 12.0 Å². The highest BCUT2D eigenvalue weighted by Gasteiger charge is 2.55. The van der Waals surface area contributed by atoms with E-state index in [0.29, 0.717) is 39.1 Å². The number of hydrogen-bond acceptors (Lipinski definition) is 5. The Morgan fingerprint density at radius 2 is 1.82 bits per heavy atom. The molecule has 0 aromatic heterocycles. The summed E-state index contributed by atoms with van der Waals surface area (Å²) >= 11 is 0. The number of esters is 1. The second kappa shape index (κ2) is 10.6. The molecule has 180 valence electrons. The van der Waals surface area contributed by atoms with Crippen LogP contribution in [0.5, 0.6) is 0 Å². The van der Waals surface area contributed by atoms with Gasteiger partial charge in [0.2, 0.25) is 5.91 Å². The van der Waals surface area contributed by atoms with E-state index in [9.17, 15) is 14.4 Å². The molecule has 2 heterocycles. The first kappa shape index (κ1) is 23.6. The van der Waals surface area contributed by atoms with Gasteiger partial charge >= 0.3 is 12.1 Å². The number of benzene rings is 1. The lowest BCUT2D eigenvalue weighted by Gasteiger charge is -2.32. The minimum absolute atomic E-state index is 0.0000747. The number of likely N-dealkylation sites (tertiary alicyclic amines) is 2. The molecule has 2 atom stereocenters. The molecule has 2 aliphatic heterocycles. The molecule has 1 spiro atoms. The van der Waals surface area contributed by atoms with Gasteiger partial charge in [0.1, 0.15) is 12.6 Å². The Labute approximate surface area is 196 Å². The van der Waals surface area contributed by atoms with Crippen molar-refractivity contribution in [3.05, 3.63) is 35.9 Å². The SMILES string of the molecule is CCCCOC(=O)N1CC[C@@]2(CCN([C@H](C(=O)OCc3ccccc3)C3CCCC3)C2=O)C1. The largest absolute Gasteiger partial charge is 0.459 e. The van der Waals surface area contributed by atoms with Gasteiger partial charge in [-0.15, -0.1) is 0 Å². The van der Waals surface area contributed by atoms with Gasteiger partial charge in [0, 0.05) is 19.6 Å². The third kappa shape index (κ3) is 5.17. The summed E-state index contributed by atoms with van der Waals surface area (Å²) < 4.78 is 11.1. The minimum atomic E-state index is -0.597. The average Bonchev–Trinajstić information content (AvgIpc) is 3.57. The van der Waals surface area contributed by atoms with Crippen molar-refractivity contribution in [2.75, 3.05) is 26.2 Å². The predicted molar refractivity (Wildman–Crippen MR) is 123 cm³/mol. The monoisotopic (exact) mass is 456 g/mol. The molecule has 0 N–H and O–H groups in total. The number of nitrogens with zero attached hydrogens (tertiary/aromatic N) is 2. The first-order chi connectivity index (χ1) is 16.0. The molecule has 1 aliphatic carbocycles. The van der Waals surface area contributed by atoms with E-state index in [4.69, 9.17) is 9.47 Å². The topological polar surface area (TPSA) is 76.2 Å². The van der Waals surface area contributed by atoms with Crippen LogP contribution < -0.4 is 0 Å². The molecule has 1 aromatic rings. The summed E-state index contributed by atoms with van der Waals surface area (Å²) in [4.78, 5) is 42.8. The van der Waals surface area contributed by atoms with Crippen molar-refractivity contribution < 1.29 is 23.9 Å². The summed E-state index contributed by atoms with van der Waals surface area (Å²) in [5.41, 5.74) is 0.341. The maximum atomic E-state index is 13.7. The van der Waals surface area contributed by atoms with E-state index in [-0.39, 0.29) is 30.5 Å². The summed E-state index contributed by atoms with van der Waals surface area (Å²) in [5.74, 6) is -0.159. The zero-order chi connectivity index (χ0) is 23.3. The molecular formula is C26H36N2O5. The van der Waals surface area contributed by atoms with Gasteiger partial charge in [-0.25, -0.2) is 9.59 Å². The van der Waals surface area contributed by atoms with Crippen LogP contribution in [0.25, 0.3) is 0 Å². The lowest BCUT2D eigenvalue weighted by molar-refractivity contribution is -0.159. The second-order valence-electron chi connectivity index (χ2n) is 9.75. The van der Waals surface area contributed by atoms with Crippen molar-refractivity contribution in [3.63, 3.8) is 0 Å². The smallest absolute Gasteiger partial charge is 0.409 e. The van der Waals surface area contributed by atoms with Crippen molar-refractivity contribution in [1.29, 1.82) is 0 Å². The normalized spacial score (nSPS) is 24.0. The predicted octanol–water partition coefficient (Wildman–Crippen LogP) is 4.15. The molecule has 7 heteroatoms. The first-order valence-corrected chi connectivity index (χ1v) is 12.5. The molecule has 33 heavy (non-hydrogen) atoms. The van der Waals surface area contributed by atoms with E-state index in [2.05, 4.69) is 6.92 Å². The van der Waals surface area contributed by atoms with Gasteiger partial charge in [-0.3, -0.25) is 4.79 Å². The van der Waals surface area contributed by atoms with Gasteiger partial charge in [0.25, 0.3) is 0 Å². The standard InChI is InChI=1S/C26H36N2O5/c1-2-3-17-32-25(31)27-15-13-26(19-27)14-16-28(24(26)30)22(21-11-7-8-12-21)23(29)33-18-20-9-5-4-6-10-20/h4-6,9-10,21-22H,2-3,7-8,11-19H2,1H3/t22-,26+/m0/s1. The Kier molecular flexibility index (Phi) is 7.56. The van der Waals surface area contributed by atoms with Crippen LogP contribution in [0.1, 0.15) is 63.9 Å². The molecule has 0 radical (unpaired) electrons. The molecule has 1 saturated carbocycles. The second-order valence-corrected chi connectivity index (χ2v) is 9.75. The number of amides is 2. The lowest BCUT2D eigenvalue weighted by Crippen LogP contribution is -2.49. The van der Waals surface area contributed by atoms with Crippen molar-refractivity contribution in [2.45, 2.75) is 70.9 Å². The third-order valence-corrected chi connectivity index (χ3v) is 7.53. The fraction of sp³-hybridized carbons (Fsp3) is 0.654. The average molecular weight is 457 g/mol. The Balaban J connectivity index is 1.42. The van der Waals surface area contributed by atoms with E-state index in [1.54, 1.807) is 9.80 Å². The van der Waals surface area contributed by atoms with Crippen molar-refractivity contribution in [3.8, 4) is 0 Å². The van der Waals surface area contributed by atoms with Gasteiger partial charge in [-0.1, -0.05) is 56.5 Å². The number of ether oxygens (including phenoxy) is 2. The van der Waals surface area contributed by atoms with E-state index in [0.717, 1.165) is 44.1 Å². The minimum Gasteiger partial charge on any atom is -0.459 e. The van der Waals surface area contributed by atoms with Crippen LogP contribution in [0.4, 0.5) is 4.79 Å². The molecule has 0 bridgehead atoms. The van der Waals surface area contributed by atoms with Gasteiger partial charge in [-0.05, 0) is 43.6 Å². The fourth-order valence-electron chi connectivity index (χ4n) is 5.58. The number of carbonyl (C=O) groups is 3. The highest BCUT2D eigenvalue weighted by molar-refractivity contribution is 5.91. The third-order valence-electron chi connectivity index (χ3n) is 7.53. The number of carbonyl (C=O) groups excluding carboxylic acids is 3. The summed E-state index contributed by atoms with van der Waals surface area (Å²) in [6.07, 6.45) is 6.81. The zero-order valence-electron chi connectivity index (χ0n) is 19.7. The van der Waals surface area contributed by atoms with Crippen LogP contribution in [-0.4, -0.2) is 60.1 Å². The van der Waals surface area contributed by atoms with Gasteiger partial charge in [-0.2, -0.15) is 0 Å². The molecule has 1 aromatic carbocycles. The van der Waals surface area contributed by atoms with E-state index in [1.165, 1.54) is 0 Å². The quantitative estimate of drug-likeness (QED) is 0.434. The first-order valence-electron chi connectivity index (χ1n) is 12.5. The van der Waals surface area contributed by atoms with Crippen LogP contribution in [0.15, 0.2) is 30.3 Å². The Hall–Kier alpha value is -2.57. The maximum absolute atomic E-state index is 13.7. The zero-order valence-corrected chi connectivity index (χ0v) is 19.7. The number of unbranched alkanes of at least 4 members (excludes halogenated alkanes) is 1. The van der Waals surface area contributed by atoms with Crippen LogP contribution in [0.3, 0.4) is 0 Å². The maximum Gasteiger partial charge on any atom is 0.409 e. The molecule has 3 aliphatic rings. The molecular weight excluding hydrogens is 420 g/mol. The van der Waals surface area contributed by atoms with E-state index >= 15 is 0 Å². The fourth-order valence-corrected chi connectivity index (χ4v) is 5.58. The Bertz CT molecular complexity index is 838. The van der Waals surface area contributed by atoms with Gasteiger partial charge < -0.3 is 19.3 Å². The molecule has 2 saturated heterocycles. The number of hydrogen-bond donors (Lipinski definition) is 0. The Morgan fingerprint density at radius 1 is 1.09 bits per heavy atom. The Morgan fingerprint density at radius 3 is 2.55 bits per heavy atom. The molecule has 0 unspecified atom stereocenters. The van der Waals surface area contributed by atoms with Crippen LogP contribution in [0.2, 0.25) is 0 Å². The molecule has 3 fully saturated rings. The molecule has 2 amide bonds.